The third kappa shape index (κ3) is 8.93. The Bertz CT molecular complexity index is 914. The Morgan fingerprint density at radius 1 is 0.806 bits per heavy atom. The molecule has 0 bridgehead atoms. The van der Waals surface area contributed by atoms with E-state index in [4.69, 9.17) is 24.1 Å². The summed E-state index contributed by atoms with van der Waals surface area (Å²) in [6, 6.07) is 12.2. The number of aromatic carboxylic acids is 1. The van der Waals surface area contributed by atoms with Crippen LogP contribution < -0.4 is 4.74 Å². The molecule has 0 heterocycles. The first kappa shape index (κ1) is 24.6. The van der Waals surface area contributed by atoms with Crippen LogP contribution in [0.1, 0.15) is 10.4 Å². The third-order valence-electron chi connectivity index (χ3n) is 4.04. The van der Waals surface area contributed by atoms with Crippen LogP contribution in [0.2, 0.25) is 0 Å². The third-order valence-corrected chi connectivity index (χ3v) is 5.73. The lowest BCUT2D eigenvalue weighted by Gasteiger charge is -2.09. The largest absolute Gasteiger partial charge is 0.507 e. The van der Waals surface area contributed by atoms with E-state index in [1.807, 2.05) is 0 Å². The molecular weight excluding hydrogens is 428 g/mol. The van der Waals surface area contributed by atoms with E-state index >= 15 is 0 Å². The highest BCUT2D eigenvalue weighted by Crippen LogP contribution is 2.23. The van der Waals surface area contributed by atoms with E-state index in [1.165, 1.54) is 18.2 Å². The van der Waals surface area contributed by atoms with Crippen molar-refractivity contribution in [3.05, 3.63) is 54.1 Å². The summed E-state index contributed by atoms with van der Waals surface area (Å²) in [5.74, 6) is -1.32. The van der Waals surface area contributed by atoms with Crippen molar-refractivity contribution >= 4 is 15.8 Å². The minimum atomic E-state index is -3.34. The van der Waals surface area contributed by atoms with Crippen molar-refractivity contribution in [3.8, 4) is 11.5 Å². The molecule has 0 radical (unpaired) electrons. The fourth-order valence-electron chi connectivity index (χ4n) is 2.46. The van der Waals surface area contributed by atoms with Gasteiger partial charge in [0.1, 0.15) is 23.7 Å². The Labute approximate surface area is 181 Å². The molecule has 0 amide bonds. The van der Waals surface area contributed by atoms with Gasteiger partial charge in [0.05, 0.1) is 50.3 Å². The van der Waals surface area contributed by atoms with Gasteiger partial charge >= 0.3 is 5.97 Å². The number of hydrogen-bond acceptors (Lipinski definition) is 8. The summed E-state index contributed by atoms with van der Waals surface area (Å²) in [7, 11) is -3.34. The maximum absolute atomic E-state index is 12.1. The van der Waals surface area contributed by atoms with Gasteiger partial charge in [-0.15, -0.1) is 0 Å². The molecule has 0 aliphatic carbocycles. The standard InChI is InChI=1S/C21H26O9S/c22-20-16-17(6-7-19(20)21(23)24)30-13-12-28-9-8-27-10-11-29-14-15-31(25,26)18-4-2-1-3-5-18/h1-7,16,22H,8-15H2,(H,23,24). The van der Waals surface area contributed by atoms with Crippen LogP contribution in [-0.4, -0.2) is 76.6 Å². The predicted octanol–water partition coefficient (Wildman–Crippen LogP) is 1.99. The topological polar surface area (TPSA) is 129 Å². The molecule has 0 atom stereocenters. The second-order valence-electron chi connectivity index (χ2n) is 6.30. The number of ether oxygens (including phenoxy) is 4. The average Bonchev–Trinajstić information content (AvgIpc) is 2.75. The number of carboxylic acids is 1. The van der Waals surface area contributed by atoms with Crippen molar-refractivity contribution in [1.29, 1.82) is 0 Å². The molecule has 2 aromatic carbocycles. The molecule has 0 spiro atoms. The Hall–Kier alpha value is -2.66. The van der Waals surface area contributed by atoms with Crippen molar-refractivity contribution in [2.24, 2.45) is 0 Å². The molecule has 0 aromatic heterocycles. The maximum atomic E-state index is 12.1. The van der Waals surface area contributed by atoms with Crippen molar-refractivity contribution in [3.63, 3.8) is 0 Å². The van der Waals surface area contributed by atoms with E-state index in [0.29, 0.717) is 32.2 Å². The second-order valence-corrected chi connectivity index (χ2v) is 8.41. The van der Waals surface area contributed by atoms with Gasteiger partial charge in [-0.3, -0.25) is 0 Å². The first-order valence-corrected chi connectivity index (χ1v) is 11.3. The van der Waals surface area contributed by atoms with Gasteiger partial charge < -0.3 is 29.2 Å². The molecule has 9 nitrogen and oxygen atoms in total. The van der Waals surface area contributed by atoms with E-state index in [9.17, 15) is 18.3 Å². The van der Waals surface area contributed by atoms with Crippen LogP contribution in [0.3, 0.4) is 0 Å². The lowest BCUT2D eigenvalue weighted by atomic mass is 10.2. The summed E-state index contributed by atoms with van der Waals surface area (Å²) in [5, 5.41) is 18.4. The van der Waals surface area contributed by atoms with Crippen LogP contribution in [-0.2, 0) is 24.0 Å². The van der Waals surface area contributed by atoms with Gasteiger partial charge in [-0.1, -0.05) is 18.2 Å². The fourth-order valence-corrected chi connectivity index (χ4v) is 3.60. The van der Waals surface area contributed by atoms with E-state index in [2.05, 4.69) is 0 Å². The van der Waals surface area contributed by atoms with Gasteiger partial charge in [0.15, 0.2) is 9.84 Å². The summed E-state index contributed by atoms with van der Waals surface area (Å²) in [5.41, 5.74) is -0.192. The molecule has 0 fully saturated rings. The minimum Gasteiger partial charge on any atom is -0.507 e. The van der Waals surface area contributed by atoms with E-state index in [-0.39, 0.29) is 41.8 Å². The molecule has 170 valence electrons. The highest BCUT2D eigenvalue weighted by molar-refractivity contribution is 7.91. The minimum absolute atomic E-state index is 0.0864. The van der Waals surface area contributed by atoms with Crippen molar-refractivity contribution < 1.29 is 42.4 Å². The lowest BCUT2D eigenvalue weighted by molar-refractivity contribution is 0.0116. The average molecular weight is 454 g/mol. The van der Waals surface area contributed by atoms with Crippen molar-refractivity contribution in [2.75, 3.05) is 52.0 Å². The fraction of sp³-hybridized carbons (Fsp3) is 0.381. The van der Waals surface area contributed by atoms with E-state index < -0.39 is 15.8 Å². The van der Waals surface area contributed by atoms with Gasteiger partial charge in [-0.2, -0.15) is 0 Å². The maximum Gasteiger partial charge on any atom is 0.339 e. The summed E-state index contributed by atoms with van der Waals surface area (Å²) < 4.78 is 45.5. The van der Waals surface area contributed by atoms with Crippen LogP contribution in [0.15, 0.2) is 53.4 Å². The molecule has 0 aliphatic rings. The molecule has 0 saturated carbocycles. The first-order valence-electron chi connectivity index (χ1n) is 9.60. The summed E-state index contributed by atoms with van der Waals surface area (Å²) in [4.78, 5) is 11.1. The normalized spacial score (nSPS) is 11.4. The first-order chi connectivity index (χ1) is 14.9. The van der Waals surface area contributed by atoms with Crippen molar-refractivity contribution in [2.45, 2.75) is 4.90 Å². The van der Waals surface area contributed by atoms with Gasteiger partial charge in [0, 0.05) is 6.07 Å². The summed E-state index contributed by atoms with van der Waals surface area (Å²) >= 11 is 0. The Balaban J connectivity index is 1.45. The van der Waals surface area contributed by atoms with Crippen molar-refractivity contribution in [1.82, 2.24) is 0 Å². The SMILES string of the molecule is O=C(O)c1ccc(OCCOCCOCCOCCS(=O)(=O)c2ccccc2)cc1O. The van der Waals surface area contributed by atoms with Crippen LogP contribution in [0, 0.1) is 0 Å². The number of rotatable bonds is 15. The van der Waals surface area contributed by atoms with Gasteiger partial charge in [-0.25, -0.2) is 13.2 Å². The molecular formula is C21H26O9S. The molecule has 0 unspecified atom stereocenters. The molecule has 31 heavy (non-hydrogen) atoms. The number of benzene rings is 2. The summed E-state index contributed by atoms with van der Waals surface area (Å²) in [6.45, 7) is 1.90. The number of carboxylic acid groups (broad SMARTS) is 1. The molecule has 2 rings (SSSR count). The monoisotopic (exact) mass is 454 g/mol. The number of sulfone groups is 1. The second kappa shape index (κ2) is 12.9. The predicted molar refractivity (Wildman–Crippen MR) is 112 cm³/mol. The Kier molecular flexibility index (Phi) is 10.2. The number of carbonyl (C=O) groups is 1. The zero-order valence-electron chi connectivity index (χ0n) is 16.9. The van der Waals surface area contributed by atoms with Crippen LogP contribution in [0.25, 0.3) is 0 Å². The quantitative estimate of drug-likeness (QED) is 0.388. The van der Waals surface area contributed by atoms with E-state index in [0.717, 1.165) is 0 Å². The van der Waals surface area contributed by atoms with Crippen LogP contribution in [0.4, 0.5) is 0 Å². The molecule has 10 heteroatoms. The number of hydrogen-bond donors (Lipinski definition) is 2. The lowest BCUT2D eigenvalue weighted by Crippen LogP contribution is -2.16. The van der Waals surface area contributed by atoms with Gasteiger partial charge in [0.2, 0.25) is 0 Å². The smallest absolute Gasteiger partial charge is 0.339 e. The van der Waals surface area contributed by atoms with Gasteiger partial charge in [-0.05, 0) is 24.3 Å². The van der Waals surface area contributed by atoms with Crippen LogP contribution >= 0.6 is 0 Å². The zero-order valence-corrected chi connectivity index (χ0v) is 17.8. The Morgan fingerprint density at radius 3 is 1.97 bits per heavy atom. The van der Waals surface area contributed by atoms with E-state index in [1.54, 1.807) is 30.3 Å². The molecule has 2 aromatic rings. The molecule has 2 N–H and O–H groups in total. The highest BCUT2D eigenvalue weighted by atomic mass is 32.2. The molecule has 0 saturated heterocycles. The summed E-state index contributed by atoms with van der Waals surface area (Å²) in [6.07, 6.45) is 0. The Morgan fingerprint density at radius 2 is 1.39 bits per heavy atom. The number of phenols is 1. The molecule has 0 aliphatic heterocycles. The van der Waals surface area contributed by atoms with Crippen LogP contribution in [0.5, 0.6) is 11.5 Å². The highest BCUT2D eigenvalue weighted by Gasteiger charge is 2.13. The zero-order chi connectivity index (χ0) is 22.5. The van der Waals surface area contributed by atoms with Gasteiger partial charge in [0.25, 0.3) is 0 Å². The number of aromatic hydroxyl groups is 1.